The second kappa shape index (κ2) is 4.93. The smallest absolute Gasteiger partial charge is 0.0403 e. The zero-order valence-electron chi connectivity index (χ0n) is 12.2. The second-order valence-electron chi connectivity index (χ2n) is 6.10. The Morgan fingerprint density at radius 1 is 1.33 bits per heavy atom. The highest BCUT2D eigenvalue weighted by Crippen LogP contribution is 2.38. The van der Waals surface area contributed by atoms with Gasteiger partial charge >= 0.3 is 0 Å². The molecule has 0 bridgehead atoms. The molecule has 1 heterocycles. The summed E-state index contributed by atoms with van der Waals surface area (Å²) in [5.74, 6) is 0.589. The highest BCUT2D eigenvalue weighted by molar-refractivity contribution is 5.58. The van der Waals surface area contributed by atoms with Gasteiger partial charge in [0.05, 0.1) is 0 Å². The highest BCUT2D eigenvalue weighted by Gasteiger charge is 2.38. The van der Waals surface area contributed by atoms with Crippen molar-refractivity contribution in [2.45, 2.75) is 46.1 Å². The van der Waals surface area contributed by atoms with Gasteiger partial charge in [0.2, 0.25) is 0 Å². The lowest BCUT2D eigenvalue weighted by molar-refractivity contribution is 0.244. The molecule has 2 N–H and O–H groups in total. The molecule has 1 unspecified atom stereocenters. The van der Waals surface area contributed by atoms with E-state index >= 15 is 0 Å². The number of hydrogen-bond donors (Lipinski definition) is 1. The third-order valence-electron chi connectivity index (χ3n) is 4.78. The first-order valence-electron chi connectivity index (χ1n) is 7.02. The van der Waals surface area contributed by atoms with Gasteiger partial charge in [0.25, 0.3) is 0 Å². The molecule has 0 radical (unpaired) electrons. The van der Waals surface area contributed by atoms with Gasteiger partial charge in [-0.05, 0) is 70.2 Å². The maximum atomic E-state index is 5.96. The Labute approximate surface area is 111 Å². The molecule has 2 rings (SSSR count). The molecule has 0 amide bonds. The van der Waals surface area contributed by atoms with E-state index in [9.17, 15) is 0 Å². The van der Waals surface area contributed by atoms with Crippen molar-refractivity contribution in [1.29, 1.82) is 0 Å². The first-order valence-corrected chi connectivity index (χ1v) is 7.02. The summed E-state index contributed by atoms with van der Waals surface area (Å²) in [6.45, 7) is 11.0. The molecule has 100 valence electrons. The molecule has 0 saturated carbocycles. The summed E-state index contributed by atoms with van der Waals surface area (Å²) >= 11 is 0. The van der Waals surface area contributed by atoms with Gasteiger partial charge in [-0.2, -0.15) is 0 Å². The van der Waals surface area contributed by atoms with E-state index in [0.29, 0.717) is 5.92 Å². The van der Waals surface area contributed by atoms with Crippen molar-refractivity contribution in [3.05, 3.63) is 29.3 Å². The van der Waals surface area contributed by atoms with Crippen molar-refractivity contribution in [3.8, 4) is 0 Å². The minimum absolute atomic E-state index is 0.158. The fourth-order valence-electron chi connectivity index (χ4n) is 3.22. The maximum Gasteiger partial charge on any atom is 0.0403 e. The van der Waals surface area contributed by atoms with Crippen LogP contribution in [0.15, 0.2) is 18.2 Å². The Morgan fingerprint density at radius 2 is 2.06 bits per heavy atom. The molecule has 1 aromatic rings. The van der Waals surface area contributed by atoms with Gasteiger partial charge in [-0.3, -0.25) is 0 Å². The molecule has 2 nitrogen and oxygen atoms in total. The Hall–Kier alpha value is -1.02. The normalized spacial score (nSPS) is 23.2. The molecule has 0 spiro atoms. The summed E-state index contributed by atoms with van der Waals surface area (Å²) in [7, 11) is 0. The molecular weight excluding hydrogens is 220 g/mol. The predicted molar refractivity (Wildman–Crippen MR) is 79.1 cm³/mol. The van der Waals surface area contributed by atoms with Gasteiger partial charge in [-0.1, -0.05) is 12.1 Å². The van der Waals surface area contributed by atoms with Gasteiger partial charge in [0, 0.05) is 17.8 Å². The van der Waals surface area contributed by atoms with E-state index in [4.69, 9.17) is 5.73 Å². The quantitative estimate of drug-likeness (QED) is 0.868. The minimum Gasteiger partial charge on any atom is -0.366 e. The van der Waals surface area contributed by atoms with Crippen LogP contribution in [0.4, 0.5) is 5.69 Å². The van der Waals surface area contributed by atoms with Crippen molar-refractivity contribution < 1.29 is 0 Å². The number of aryl methyl sites for hydroxylation is 1. The van der Waals surface area contributed by atoms with Crippen LogP contribution in [0, 0.1) is 19.8 Å². The van der Waals surface area contributed by atoms with Gasteiger partial charge in [0.1, 0.15) is 0 Å². The van der Waals surface area contributed by atoms with Crippen LogP contribution in [0.2, 0.25) is 0 Å². The minimum atomic E-state index is 0.158. The summed E-state index contributed by atoms with van der Waals surface area (Å²) in [6.07, 6.45) is 2.50. The Kier molecular flexibility index (Phi) is 3.67. The number of rotatable bonds is 2. The average molecular weight is 246 g/mol. The molecule has 1 aliphatic rings. The van der Waals surface area contributed by atoms with Crippen LogP contribution < -0.4 is 10.6 Å². The largest absolute Gasteiger partial charge is 0.366 e. The van der Waals surface area contributed by atoms with Gasteiger partial charge in [-0.15, -0.1) is 0 Å². The number of piperidine rings is 1. The Bertz CT molecular complexity index is 423. The SMILES string of the molecule is Cc1cccc(N2CCCC(CN)C2(C)C)c1C. The van der Waals surface area contributed by atoms with Gasteiger partial charge in [0.15, 0.2) is 0 Å². The van der Waals surface area contributed by atoms with Crippen LogP contribution in [0.1, 0.15) is 37.8 Å². The molecule has 18 heavy (non-hydrogen) atoms. The second-order valence-corrected chi connectivity index (χ2v) is 6.10. The summed E-state index contributed by atoms with van der Waals surface area (Å²) in [4.78, 5) is 2.57. The lowest BCUT2D eigenvalue weighted by atomic mass is 9.78. The van der Waals surface area contributed by atoms with Crippen molar-refractivity contribution in [3.63, 3.8) is 0 Å². The van der Waals surface area contributed by atoms with Crippen LogP contribution >= 0.6 is 0 Å². The number of benzene rings is 1. The molecule has 1 fully saturated rings. The molecule has 1 aliphatic heterocycles. The van der Waals surface area contributed by atoms with E-state index in [0.717, 1.165) is 13.1 Å². The van der Waals surface area contributed by atoms with E-state index in [1.165, 1.54) is 29.7 Å². The topological polar surface area (TPSA) is 29.3 Å². The van der Waals surface area contributed by atoms with Crippen molar-refractivity contribution in [2.24, 2.45) is 11.7 Å². The molecule has 2 heteroatoms. The molecule has 1 saturated heterocycles. The Balaban J connectivity index is 2.40. The van der Waals surface area contributed by atoms with E-state index in [-0.39, 0.29) is 5.54 Å². The van der Waals surface area contributed by atoms with Crippen molar-refractivity contribution in [1.82, 2.24) is 0 Å². The summed E-state index contributed by atoms with van der Waals surface area (Å²) in [6, 6.07) is 6.61. The third kappa shape index (κ3) is 2.14. The van der Waals surface area contributed by atoms with E-state index in [1.807, 2.05) is 0 Å². The van der Waals surface area contributed by atoms with Crippen LogP contribution in [0.3, 0.4) is 0 Å². The van der Waals surface area contributed by atoms with Crippen LogP contribution in [-0.4, -0.2) is 18.6 Å². The van der Waals surface area contributed by atoms with Crippen LogP contribution in [-0.2, 0) is 0 Å². The number of anilines is 1. The zero-order chi connectivity index (χ0) is 13.3. The van der Waals surface area contributed by atoms with Crippen molar-refractivity contribution in [2.75, 3.05) is 18.0 Å². The fraction of sp³-hybridized carbons (Fsp3) is 0.625. The third-order valence-corrected chi connectivity index (χ3v) is 4.78. The number of nitrogens with zero attached hydrogens (tertiary/aromatic N) is 1. The monoisotopic (exact) mass is 246 g/mol. The zero-order valence-corrected chi connectivity index (χ0v) is 12.2. The first-order chi connectivity index (χ1) is 8.48. The molecular formula is C16H26N2. The van der Waals surface area contributed by atoms with E-state index < -0.39 is 0 Å². The lowest BCUT2D eigenvalue weighted by Crippen LogP contribution is -2.55. The molecule has 1 aromatic carbocycles. The Morgan fingerprint density at radius 3 is 2.72 bits per heavy atom. The van der Waals surface area contributed by atoms with E-state index in [1.54, 1.807) is 0 Å². The van der Waals surface area contributed by atoms with Gasteiger partial charge < -0.3 is 10.6 Å². The van der Waals surface area contributed by atoms with E-state index in [2.05, 4.69) is 50.8 Å². The van der Waals surface area contributed by atoms with Gasteiger partial charge in [-0.25, -0.2) is 0 Å². The number of hydrogen-bond acceptors (Lipinski definition) is 2. The summed E-state index contributed by atoms with van der Waals surface area (Å²) in [5, 5.41) is 0. The van der Waals surface area contributed by atoms with Crippen LogP contribution in [0.25, 0.3) is 0 Å². The highest BCUT2D eigenvalue weighted by atomic mass is 15.2. The molecule has 0 aromatic heterocycles. The summed E-state index contributed by atoms with van der Waals surface area (Å²) in [5.41, 5.74) is 10.3. The molecule has 0 aliphatic carbocycles. The van der Waals surface area contributed by atoms with Crippen LogP contribution in [0.5, 0.6) is 0 Å². The van der Waals surface area contributed by atoms with Crippen molar-refractivity contribution >= 4 is 5.69 Å². The number of nitrogens with two attached hydrogens (primary N) is 1. The lowest BCUT2D eigenvalue weighted by Gasteiger charge is -2.50. The fourth-order valence-corrected chi connectivity index (χ4v) is 3.22. The standard InChI is InChI=1S/C16H26N2/c1-12-7-5-9-15(13(12)2)18-10-6-8-14(11-17)16(18,3)4/h5,7,9,14H,6,8,10-11,17H2,1-4H3. The first kappa shape index (κ1) is 13.4. The summed E-state index contributed by atoms with van der Waals surface area (Å²) < 4.78 is 0. The average Bonchev–Trinajstić information content (AvgIpc) is 2.33. The predicted octanol–water partition coefficient (Wildman–Crippen LogP) is 3.26. The maximum absolute atomic E-state index is 5.96. The molecule has 1 atom stereocenters.